The van der Waals surface area contributed by atoms with Crippen LogP contribution in [0.5, 0.6) is 0 Å². The largest absolute Gasteiger partial charge is 0.480 e. The predicted octanol–water partition coefficient (Wildman–Crippen LogP) is 1.08. The van der Waals surface area contributed by atoms with Gasteiger partial charge in [-0.15, -0.1) is 0 Å². The number of carboxylic acids is 1. The van der Waals surface area contributed by atoms with E-state index < -0.39 is 12.0 Å². The molecule has 0 bridgehead atoms. The highest BCUT2D eigenvalue weighted by Crippen LogP contribution is 2.14. The van der Waals surface area contributed by atoms with Gasteiger partial charge >= 0.3 is 5.97 Å². The van der Waals surface area contributed by atoms with Crippen LogP contribution in [0.2, 0.25) is 0 Å². The van der Waals surface area contributed by atoms with Crippen molar-refractivity contribution in [3.63, 3.8) is 0 Å². The maximum absolute atomic E-state index is 10.3. The van der Waals surface area contributed by atoms with Crippen molar-refractivity contribution in [1.29, 1.82) is 0 Å². The van der Waals surface area contributed by atoms with E-state index >= 15 is 0 Å². The molecule has 0 aliphatic heterocycles. The lowest BCUT2D eigenvalue weighted by Crippen LogP contribution is -2.32. The first-order valence-electron chi connectivity index (χ1n) is 3.93. The molecule has 3 N–H and O–H groups in total. The third-order valence-electron chi connectivity index (χ3n) is 2.08. The van der Waals surface area contributed by atoms with Crippen molar-refractivity contribution < 1.29 is 9.90 Å². The molecule has 0 unspecified atom stereocenters. The van der Waals surface area contributed by atoms with Crippen LogP contribution in [0.3, 0.4) is 0 Å². The van der Waals surface area contributed by atoms with Crippen LogP contribution in [0.25, 0.3) is 0 Å². The third kappa shape index (κ3) is 3.98. The molecular formula is C8H17NO2. The van der Waals surface area contributed by atoms with Crippen molar-refractivity contribution in [3.05, 3.63) is 0 Å². The van der Waals surface area contributed by atoms with Crippen LogP contribution in [-0.4, -0.2) is 17.1 Å². The van der Waals surface area contributed by atoms with Crippen LogP contribution in [0.4, 0.5) is 0 Å². The minimum atomic E-state index is -0.905. The lowest BCUT2D eigenvalue weighted by Gasteiger charge is -2.17. The number of aliphatic carboxylic acids is 1. The molecule has 0 saturated carbocycles. The quantitative estimate of drug-likeness (QED) is 0.645. The fourth-order valence-corrected chi connectivity index (χ4v) is 0.774. The molecule has 66 valence electrons. The number of nitrogens with two attached hydrogens (primary N) is 1. The summed E-state index contributed by atoms with van der Waals surface area (Å²) in [5.41, 5.74) is 5.36. The van der Waals surface area contributed by atoms with Gasteiger partial charge in [-0.05, 0) is 18.3 Å². The molecule has 2 atom stereocenters. The second-order valence-corrected chi connectivity index (χ2v) is 3.40. The second kappa shape index (κ2) is 4.34. The van der Waals surface area contributed by atoms with Crippen molar-refractivity contribution in [2.24, 2.45) is 17.6 Å². The summed E-state index contributed by atoms with van der Waals surface area (Å²) < 4.78 is 0. The van der Waals surface area contributed by atoms with Gasteiger partial charge in [0, 0.05) is 0 Å². The van der Waals surface area contributed by atoms with Crippen LogP contribution in [0, 0.1) is 11.8 Å². The van der Waals surface area contributed by atoms with Crippen LogP contribution < -0.4 is 5.73 Å². The summed E-state index contributed by atoms with van der Waals surface area (Å²) in [6.07, 6.45) is 0.562. The SMILES string of the molecule is CC(C)[C@@H](C)C[C@H](N)C(=O)O. The fourth-order valence-electron chi connectivity index (χ4n) is 0.774. The monoisotopic (exact) mass is 159 g/mol. The van der Waals surface area contributed by atoms with Crippen molar-refractivity contribution >= 4 is 5.97 Å². The number of carbonyl (C=O) groups is 1. The van der Waals surface area contributed by atoms with E-state index in [1.165, 1.54) is 0 Å². The van der Waals surface area contributed by atoms with Crippen molar-refractivity contribution in [3.8, 4) is 0 Å². The molecule has 0 radical (unpaired) electrons. The number of hydrogen-bond donors (Lipinski definition) is 2. The van der Waals surface area contributed by atoms with E-state index in [1.807, 2.05) is 6.92 Å². The number of carboxylic acid groups (broad SMARTS) is 1. The Hall–Kier alpha value is -0.570. The molecule has 0 aromatic rings. The second-order valence-electron chi connectivity index (χ2n) is 3.40. The fraction of sp³-hybridized carbons (Fsp3) is 0.875. The van der Waals surface area contributed by atoms with Crippen molar-refractivity contribution in [2.75, 3.05) is 0 Å². The average Bonchev–Trinajstić information content (AvgIpc) is 1.87. The maximum Gasteiger partial charge on any atom is 0.320 e. The van der Waals surface area contributed by atoms with Crippen molar-refractivity contribution in [1.82, 2.24) is 0 Å². The summed E-state index contributed by atoms with van der Waals surface area (Å²) in [7, 11) is 0. The van der Waals surface area contributed by atoms with E-state index in [0.29, 0.717) is 18.3 Å². The van der Waals surface area contributed by atoms with Gasteiger partial charge < -0.3 is 10.8 Å². The predicted molar refractivity (Wildman–Crippen MR) is 44.2 cm³/mol. The van der Waals surface area contributed by atoms with Gasteiger partial charge in [0.2, 0.25) is 0 Å². The highest BCUT2D eigenvalue weighted by atomic mass is 16.4. The molecule has 0 aromatic heterocycles. The lowest BCUT2D eigenvalue weighted by atomic mass is 9.91. The molecule has 3 heteroatoms. The average molecular weight is 159 g/mol. The van der Waals surface area contributed by atoms with Gasteiger partial charge in [-0.1, -0.05) is 20.8 Å². The van der Waals surface area contributed by atoms with Gasteiger partial charge in [0.1, 0.15) is 6.04 Å². The van der Waals surface area contributed by atoms with E-state index in [2.05, 4.69) is 13.8 Å². The summed E-state index contributed by atoms with van der Waals surface area (Å²) in [5.74, 6) is -0.0287. The molecule has 11 heavy (non-hydrogen) atoms. The Labute approximate surface area is 67.6 Å². The summed E-state index contributed by atoms with van der Waals surface area (Å²) in [5, 5.41) is 8.49. The van der Waals surface area contributed by atoms with Gasteiger partial charge in [0.25, 0.3) is 0 Å². The van der Waals surface area contributed by atoms with E-state index in [1.54, 1.807) is 0 Å². The zero-order chi connectivity index (χ0) is 9.02. The van der Waals surface area contributed by atoms with E-state index in [-0.39, 0.29) is 0 Å². The van der Waals surface area contributed by atoms with Crippen LogP contribution in [-0.2, 0) is 4.79 Å². The minimum Gasteiger partial charge on any atom is -0.480 e. The first-order valence-corrected chi connectivity index (χ1v) is 3.93. The summed E-state index contributed by atoms with van der Waals surface area (Å²) in [6.45, 7) is 6.16. The number of rotatable bonds is 4. The Morgan fingerprint density at radius 2 is 1.91 bits per heavy atom. The minimum absolute atomic E-state index is 0.376. The standard InChI is InChI=1S/C8H17NO2/c1-5(2)6(3)4-7(9)8(10)11/h5-7H,4,9H2,1-3H3,(H,10,11)/t6-,7-/m0/s1. The lowest BCUT2D eigenvalue weighted by molar-refractivity contribution is -0.139. The van der Waals surface area contributed by atoms with Crippen LogP contribution >= 0.6 is 0 Å². The molecule has 0 aromatic carbocycles. The smallest absolute Gasteiger partial charge is 0.320 e. The molecule has 0 fully saturated rings. The molecule has 0 aliphatic rings. The number of hydrogen-bond acceptors (Lipinski definition) is 2. The summed E-state index contributed by atoms with van der Waals surface area (Å²) in [4.78, 5) is 10.3. The van der Waals surface area contributed by atoms with Gasteiger partial charge in [-0.2, -0.15) is 0 Å². The van der Waals surface area contributed by atoms with Gasteiger partial charge in [-0.25, -0.2) is 0 Å². The Bertz CT molecular complexity index is 134. The van der Waals surface area contributed by atoms with Gasteiger partial charge in [0.05, 0.1) is 0 Å². The molecular weight excluding hydrogens is 142 g/mol. The highest BCUT2D eigenvalue weighted by Gasteiger charge is 2.17. The first-order chi connectivity index (χ1) is 4.95. The Morgan fingerprint density at radius 3 is 2.18 bits per heavy atom. The van der Waals surface area contributed by atoms with Crippen LogP contribution in [0.1, 0.15) is 27.2 Å². The third-order valence-corrected chi connectivity index (χ3v) is 2.08. The molecule has 0 rings (SSSR count). The zero-order valence-corrected chi connectivity index (χ0v) is 7.37. The topological polar surface area (TPSA) is 63.3 Å². The van der Waals surface area contributed by atoms with Crippen LogP contribution in [0.15, 0.2) is 0 Å². The van der Waals surface area contributed by atoms with Crippen molar-refractivity contribution in [2.45, 2.75) is 33.2 Å². The zero-order valence-electron chi connectivity index (χ0n) is 7.37. The Morgan fingerprint density at radius 1 is 1.45 bits per heavy atom. The first kappa shape index (κ1) is 10.4. The van der Waals surface area contributed by atoms with Gasteiger partial charge in [0.15, 0.2) is 0 Å². The van der Waals surface area contributed by atoms with Gasteiger partial charge in [-0.3, -0.25) is 4.79 Å². The van der Waals surface area contributed by atoms with E-state index in [4.69, 9.17) is 10.8 Å². The maximum atomic E-state index is 10.3. The molecule has 3 nitrogen and oxygen atoms in total. The highest BCUT2D eigenvalue weighted by molar-refractivity contribution is 5.72. The van der Waals surface area contributed by atoms with E-state index in [9.17, 15) is 4.79 Å². The normalized spacial score (nSPS) is 16.5. The molecule has 0 aliphatic carbocycles. The Kier molecular flexibility index (Phi) is 4.11. The molecule has 0 spiro atoms. The molecule has 0 saturated heterocycles. The summed E-state index contributed by atoms with van der Waals surface area (Å²) >= 11 is 0. The summed E-state index contributed by atoms with van der Waals surface area (Å²) in [6, 6.07) is -0.701. The molecule has 0 amide bonds. The van der Waals surface area contributed by atoms with E-state index in [0.717, 1.165) is 0 Å². The molecule has 0 heterocycles. The Balaban J connectivity index is 3.75.